The van der Waals surface area contributed by atoms with Crippen LogP contribution in [0.4, 0.5) is 74.6 Å². The van der Waals surface area contributed by atoms with E-state index in [0.717, 1.165) is 178 Å². The van der Waals surface area contributed by atoms with E-state index in [2.05, 4.69) is 70.8 Å². The molecule has 0 aliphatic carbocycles. The molecule has 135 heavy (non-hydrogen) atoms. The van der Waals surface area contributed by atoms with E-state index in [1.165, 1.54) is 41.6 Å². The predicted octanol–water partition coefficient (Wildman–Crippen LogP) is 15.5. The maximum Gasteiger partial charge on any atom is 0.323 e. The molecule has 34 heteroatoms. The largest absolute Gasteiger partial charge is 0.397 e. The smallest absolute Gasteiger partial charge is 0.323 e. The second kappa shape index (κ2) is 46.3. The van der Waals surface area contributed by atoms with Crippen molar-refractivity contribution >= 4 is 87.1 Å². The molecule has 6 aliphatic rings. The number of nitrogens with two attached hydrogens (primary N) is 6. The molecule has 19 rings (SSSR count). The Morgan fingerprint density at radius 3 is 1.17 bits per heavy atom. The van der Waals surface area contributed by atoms with Gasteiger partial charge in [0.05, 0.1) is 141 Å². The number of aromatic nitrogens is 11. The van der Waals surface area contributed by atoms with Gasteiger partial charge in [0.25, 0.3) is 0 Å². The average molecular weight is 1820 g/mol. The van der Waals surface area contributed by atoms with Crippen LogP contribution in [0.1, 0.15) is 104 Å². The minimum absolute atomic E-state index is 0.0272. The van der Waals surface area contributed by atoms with Crippen LogP contribution in [0.2, 0.25) is 0 Å². The van der Waals surface area contributed by atoms with Crippen LogP contribution in [-0.4, -0.2) is 181 Å². The molecule has 0 spiro atoms. The van der Waals surface area contributed by atoms with Crippen molar-refractivity contribution in [3.8, 4) is 67.7 Å². The van der Waals surface area contributed by atoms with E-state index >= 15 is 0 Å². The number of carbonyl (C=O) groups excluding carboxylic acids is 6. The van der Waals surface area contributed by atoms with E-state index in [-0.39, 0.29) is 72.5 Å². The van der Waals surface area contributed by atoms with Crippen LogP contribution in [-0.2, 0) is 51.5 Å². The van der Waals surface area contributed by atoms with Gasteiger partial charge in [-0.3, -0.25) is 64.9 Å². The first-order valence-electron chi connectivity index (χ1n) is 45.0. The van der Waals surface area contributed by atoms with E-state index in [1.807, 2.05) is 110 Å². The number of Topliss-reactive ketones (excluding diaryl/α,β-unsaturated/α-hetero) is 1. The molecule has 5 saturated heterocycles. The van der Waals surface area contributed by atoms with E-state index in [9.17, 15) is 37.5 Å². The minimum atomic E-state index is -0.310. The molecular weight excluding hydrogens is 1710 g/mol. The number of rotatable bonds is 16. The van der Waals surface area contributed by atoms with Crippen LogP contribution in [0.3, 0.4) is 0 Å². The van der Waals surface area contributed by atoms with Gasteiger partial charge in [-0.25, -0.2) is 38.1 Å². The zero-order chi connectivity index (χ0) is 94.7. The van der Waals surface area contributed by atoms with Crippen LogP contribution in [0.5, 0.6) is 0 Å². The zero-order valence-electron chi connectivity index (χ0n) is 75.4. The zero-order valence-corrected chi connectivity index (χ0v) is 75.4. The molecule has 32 nitrogen and oxygen atoms in total. The van der Waals surface area contributed by atoms with Crippen molar-refractivity contribution in [2.75, 3.05) is 116 Å². The summed E-state index contributed by atoms with van der Waals surface area (Å²) in [5.41, 5.74) is 53.9. The lowest BCUT2D eigenvalue weighted by Crippen LogP contribution is -2.32. The van der Waals surface area contributed by atoms with Gasteiger partial charge in [-0.1, -0.05) is 59.7 Å². The lowest BCUT2D eigenvalue weighted by atomic mass is 9.92. The summed E-state index contributed by atoms with van der Waals surface area (Å²) in [7, 11) is 0. The van der Waals surface area contributed by atoms with E-state index in [1.54, 1.807) is 124 Å². The van der Waals surface area contributed by atoms with Gasteiger partial charge in [0.2, 0.25) is 11.8 Å². The third kappa shape index (κ3) is 26.5. The molecular formula is C101H109F2N25O7. The molecule has 4 aromatic carbocycles. The summed E-state index contributed by atoms with van der Waals surface area (Å²) in [6.45, 7) is 12.7. The molecule has 13 aromatic rings. The Morgan fingerprint density at radius 2 is 0.719 bits per heavy atom. The number of ether oxygens (including phenoxy) is 1. The van der Waals surface area contributed by atoms with Crippen molar-refractivity contribution in [2.24, 2.45) is 5.92 Å². The van der Waals surface area contributed by atoms with Crippen LogP contribution in [0.15, 0.2) is 225 Å². The summed E-state index contributed by atoms with van der Waals surface area (Å²) in [4.78, 5) is 130. The van der Waals surface area contributed by atoms with Gasteiger partial charge in [0, 0.05) is 142 Å². The van der Waals surface area contributed by atoms with Gasteiger partial charge in [-0.2, -0.15) is 0 Å². The van der Waals surface area contributed by atoms with Gasteiger partial charge >= 0.3 is 18.1 Å². The first-order chi connectivity index (χ1) is 65.5. The minimum Gasteiger partial charge on any atom is -0.397 e. The third-order valence-electron chi connectivity index (χ3n) is 23.5. The summed E-state index contributed by atoms with van der Waals surface area (Å²) in [5.74, 6) is 0.944. The monoisotopic (exact) mass is 1820 g/mol. The molecule has 15 N–H and O–H groups in total. The number of ketones is 1. The Morgan fingerprint density at radius 1 is 0.356 bits per heavy atom. The fourth-order valence-corrected chi connectivity index (χ4v) is 15.6. The molecule has 0 bridgehead atoms. The number of halogens is 2. The normalized spacial score (nSPS) is 14.2. The Hall–Kier alpha value is -15.9. The van der Waals surface area contributed by atoms with Crippen molar-refractivity contribution in [2.45, 2.75) is 110 Å². The van der Waals surface area contributed by atoms with Crippen molar-refractivity contribution in [3.63, 3.8) is 0 Å². The van der Waals surface area contributed by atoms with Crippen LogP contribution < -0.4 is 50.4 Å². The Bertz CT molecular complexity index is 5980. The van der Waals surface area contributed by atoms with Crippen LogP contribution >= 0.6 is 0 Å². The molecule has 0 atom stereocenters. The molecule has 0 unspecified atom stereocenters. The highest BCUT2D eigenvalue weighted by Gasteiger charge is 2.29. The average Bonchev–Trinajstić information content (AvgIpc) is 1.82. The van der Waals surface area contributed by atoms with Crippen LogP contribution in [0.25, 0.3) is 67.7 Å². The number of aryl methyl sites for hydroxylation is 2. The van der Waals surface area contributed by atoms with Gasteiger partial charge in [-0.15, -0.1) is 0 Å². The van der Waals surface area contributed by atoms with E-state index < -0.39 is 0 Å². The molecule has 0 saturated carbocycles. The first-order valence-corrected chi connectivity index (χ1v) is 45.0. The standard InChI is InChI=1S/C19H16FN5O.C18H19FN2O2.C17H20N4O.C16H19N5O.C16H18N4O.C15H17N5O/c20-13-3-1-12(2-4-13)15-6-5-14(21)16(24-15)9-19(26)25-10-17-18(11-25)23-8-7-22-17;19-14-3-1-12(2-4-14)16-6-5-15(20)17(21-16)11-18(22)13-7-9-23-10-8-13;1-12-4-6-13(7-5-12)15-9-8-14(18)16(19-15)20-17(22)21-10-2-3-11-21;1-11-4-6-12(7-5-11)14-18-10-13(17)15(19-14)20-16(22)21-8-2-3-9-21;17-13-3-4-14(12-5-7-18-8-6-12)19-15(13)11-16(21)20-9-1-2-10-20;16-12-10-18-13(11-3-5-17-6-4-11)9-14(12)19-15(21)20-7-1-2-8-20/h1-8H,9-11,21H2;1-6,13H,7-11,20H2;4-9H,2-3,10-11,18H2,1H3,(H,19,20,22);4-7,10H,2-3,8-9,17H2,1H3,(H,18,19,20,22);3-8H,1-2,9-11,17H2;3-6,9-10H,1-2,7-8,16H2,(H,18,19,21). The number of fused-ring (bicyclic) bond motifs is 1. The Kier molecular flexibility index (Phi) is 32.6. The lowest BCUT2D eigenvalue weighted by molar-refractivity contribution is -0.131. The second-order valence-electron chi connectivity index (χ2n) is 33.2. The highest BCUT2D eigenvalue weighted by atomic mass is 19.1. The number of benzene rings is 4. The topological polar surface area (TPSA) is 462 Å². The van der Waals surface area contributed by atoms with Crippen molar-refractivity contribution in [1.29, 1.82) is 0 Å². The molecule has 5 fully saturated rings. The number of nitrogens with zero attached hydrogens (tertiary/aromatic N) is 16. The molecule has 15 heterocycles. The van der Waals surface area contributed by atoms with Gasteiger partial charge in [-0.05, 0) is 205 Å². The number of hydrogen-bond acceptors (Lipinski definition) is 24. The summed E-state index contributed by atoms with van der Waals surface area (Å²) < 4.78 is 31.4. The number of carbonyl (C=O) groups is 6. The first kappa shape index (κ1) is 95.2. The predicted molar refractivity (Wildman–Crippen MR) is 519 cm³/mol. The van der Waals surface area contributed by atoms with Crippen LogP contribution in [0, 0.1) is 31.4 Å². The second-order valence-corrected chi connectivity index (χ2v) is 33.2. The quantitative estimate of drug-likeness (QED) is 0.0434. The van der Waals surface area contributed by atoms with Gasteiger partial charge < -0.3 is 69.0 Å². The number of hydrogen-bond donors (Lipinski definition) is 9. The van der Waals surface area contributed by atoms with Crippen molar-refractivity contribution in [3.05, 3.63) is 277 Å². The fraction of sp³-hybridized carbons (Fsp3) is 0.277. The van der Waals surface area contributed by atoms with Gasteiger partial charge in [0.1, 0.15) is 17.4 Å². The highest BCUT2D eigenvalue weighted by molar-refractivity contribution is 5.95. The maximum atomic E-state index is 13.1. The van der Waals surface area contributed by atoms with Crippen molar-refractivity contribution < 1.29 is 42.3 Å². The summed E-state index contributed by atoms with van der Waals surface area (Å²) >= 11 is 0. The van der Waals surface area contributed by atoms with E-state index in [0.29, 0.717) is 112 Å². The molecule has 9 aromatic heterocycles. The number of urea groups is 3. The Labute approximate surface area is 781 Å². The number of pyridine rings is 7. The number of likely N-dealkylation sites (tertiary alicyclic amines) is 4. The Balaban J connectivity index is 0.000000130. The van der Waals surface area contributed by atoms with Gasteiger partial charge in [0.15, 0.2) is 17.5 Å². The maximum absolute atomic E-state index is 13.1. The molecule has 694 valence electrons. The highest BCUT2D eigenvalue weighted by Crippen LogP contribution is 2.32. The fourth-order valence-electron chi connectivity index (χ4n) is 15.6. The number of nitrogens with one attached hydrogen (secondary N) is 3. The summed E-state index contributed by atoms with van der Waals surface area (Å²) in [5, 5.41) is 8.48. The number of anilines is 9. The number of amides is 8. The molecule has 0 radical (unpaired) electrons. The van der Waals surface area contributed by atoms with Crippen molar-refractivity contribution in [1.82, 2.24) is 79.3 Å². The molecule has 6 aliphatic heterocycles. The summed E-state index contributed by atoms with van der Waals surface area (Å²) in [6.07, 6.45) is 23.8. The summed E-state index contributed by atoms with van der Waals surface area (Å²) in [6, 6.07) is 51.4. The lowest BCUT2D eigenvalue weighted by Gasteiger charge is -2.21. The SMILES string of the molecule is Cc1ccc(-c2ccc(N)c(NC(=O)N3CCCC3)n2)cc1.Cc1ccc(-c2ncc(N)c(NC(=O)N3CCCC3)n2)cc1.Nc1ccc(-c2ccc(F)cc2)nc1CC(=O)C1CCOCC1.Nc1ccc(-c2ccc(F)cc2)nc1CC(=O)N1Cc2nccnc2C1.Nc1ccc(-c2ccncc2)nc1CC(=O)N1CCCC1.Nc1cnc(-c2ccncc2)cc1NC(=O)N1CCCC1. The third-order valence-corrected chi connectivity index (χ3v) is 23.5. The van der Waals surface area contributed by atoms with E-state index in [4.69, 9.17) is 39.1 Å². The molecule has 8 amide bonds. The number of nitrogen functional groups attached to an aromatic ring is 6.